The first kappa shape index (κ1) is 15.3. The summed E-state index contributed by atoms with van der Waals surface area (Å²) in [5.74, 6) is -3.62. The van der Waals surface area contributed by atoms with Crippen LogP contribution in [0.4, 0.5) is 19.0 Å². The van der Waals surface area contributed by atoms with Crippen LogP contribution in [0.1, 0.15) is 24.7 Å². The van der Waals surface area contributed by atoms with Crippen LogP contribution >= 0.6 is 0 Å². The summed E-state index contributed by atoms with van der Waals surface area (Å²) in [6, 6.07) is 2.05. The molecular weight excluding hydrogens is 279 g/mol. The van der Waals surface area contributed by atoms with E-state index in [-0.39, 0.29) is 11.3 Å². The number of aromatic nitrogens is 2. The van der Waals surface area contributed by atoms with E-state index < -0.39 is 17.5 Å². The summed E-state index contributed by atoms with van der Waals surface area (Å²) in [6.07, 6.45) is 0.842. The number of hydrogen-bond donors (Lipinski definition) is 1. The first-order valence-corrected chi connectivity index (χ1v) is 6.68. The third-order valence-electron chi connectivity index (χ3n) is 3.14. The lowest BCUT2D eigenvalue weighted by atomic mass is 10.1. The van der Waals surface area contributed by atoms with E-state index in [4.69, 9.17) is 0 Å². The lowest BCUT2D eigenvalue weighted by Gasteiger charge is -2.13. The van der Waals surface area contributed by atoms with Gasteiger partial charge in [-0.3, -0.25) is 0 Å². The molecule has 0 aliphatic heterocycles. The van der Waals surface area contributed by atoms with Gasteiger partial charge in [-0.15, -0.1) is 0 Å². The van der Waals surface area contributed by atoms with Gasteiger partial charge in [0.15, 0.2) is 23.3 Å². The van der Waals surface area contributed by atoms with E-state index in [1.54, 1.807) is 13.8 Å². The predicted octanol–water partition coefficient (Wildman–Crippen LogP) is 4.00. The van der Waals surface area contributed by atoms with E-state index in [0.717, 1.165) is 12.5 Å². The molecule has 0 fully saturated rings. The molecule has 112 valence electrons. The van der Waals surface area contributed by atoms with Crippen LogP contribution < -0.4 is 5.32 Å². The summed E-state index contributed by atoms with van der Waals surface area (Å²) >= 11 is 0. The predicted molar refractivity (Wildman–Crippen MR) is 75.6 cm³/mol. The Morgan fingerprint density at radius 1 is 1.00 bits per heavy atom. The molecule has 1 heterocycles. The molecule has 6 heteroatoms. The summed E-state index contributed by atoms with van der Waals surface area (Å²) in [5, 5.41) is 3.03. The second-order valence-electron chi connectivity index (χ2n) is 4.74. The van der Waals surface area contributed by atoms with Crippen molar-refractivity contribution in [3.8, 4) is 11.3 Å². The Labute approximate surface area is 121 Å². The van der Waals surface area contributed by atoms with Gasteiger partial charge < -0.3 is 5.32 Å². The largest absolute Gasteiger partial charge is 0.368 e. The lowest BCUT2D eigenvalue weighted by Crippen LogP contribution is -2.08. The zero-order valence-corrected chi connectivity index (χ0v) is 12.1. The fourth-order valence-corrected chi connectivity index (χ4v) is 1.87. The quantitative estimate of drug-likeness (QED) is 0.866. The summed E-state index contributed by atoms with van der Waals surface area (Å²) in [4.78, 5) is 8.60. The average molecular weight is 295 g/mol. The summed E-state index contributed by atoms with van der Waals surface area (Å²) < 4.78 is 40.4. The van der Waals surface area contributed by atoms with Gasteiger partial charge in [0.05, 0.1) is 11.4 Å². The maximum absolute atomic E-state index is 14.0. The van der Waals surface area contributed by atoms with Gasteiger partial charge in [0, 0.05) is 12.1 Å². The van der Waals surface area contributed by atoms with Crippen molar-refractivity contribution < 1.29 is 13.2 Å². The van der Waals surface area contributed by atoms with E-state index in [0.29, 0.717) is 23.8 Å². The minimum absolute atomic E-state index is 0.108. The first-order valence-electron chi connectivity index (χ1n) is 6.68. The Hall–Kier alpha value is -2.11. The van der Waals surface area contributed by atoms with Crippen LogP contribution in [0, 0.1) is 31.3 Å². The Morgan fingerprint density at radius 3 is 2.33 bits per heavy atom. The van der Waals surface area contributed by atoms with Crippen molar-refractivity contribution in [1.82, 2.24) is 9.97 Å². The third-order valence-corrected chi connectivity index (χ3v) is 3.14. The molecule has 0 saturated carbocycles. The van der Waals surface area contributed by atoms with Crippen LogP contribution in [0.25, 0.3) is 11.3 Å². The maximum atomic E-state index is 14.0. The van der Waals surface area contributed by atoms with Crippen molar-refractivity contribution in [1.29, 1.82) is 0 Å². The first-order chi connectivity index (χ1) is 9.95. The highest BCUT2D eigenvalue weighted by atomic mass is 19.2. The van der Waals surface area contributed by atoms with E-state index >= 15 is 0 Å². The Kier molecular flexibility index (Phi) is 4.45. The number of aryl methyl sites for hydroxylation is 2. The molecule has 0 bridgehead atoms. The second-order valence-corrected chi connectivity index (χ2v) is 4.74. The SMILES string of the molecule is CCCNc1nc(C)c(C)nc1-c1ccc(F)c(F)c1F. The Bertz CT molecular complexity index is 672. The number of nitrogens with one attached hydrogen (secondary N) is 1. The lowest BCUT2D eigenvalue weighted by molar-refractivity contribution is 0.449. The standard InChI is InChI=1S/C15H16F3N3/c1-4-7-19-15-14(20-8(2)9(3)21-15)10-5-6-11(16)13(18)12(10)17/h5-6H,4,7H2,1-3H3,(H,19,21). The highest BCUT2D eigenvalue weighted by Gasteiger charge is 2.19. The molecule has 0 spiro atoms. The second kappa shape index (κ2) is 6.11. The van der Waals surface area contributed by atoms with Crippen molar-refractivity contribution in [2.45, 2.75) is 27.2 Å². The highest BCUT2D eigenvalue weighted by Crippen LogP contribution is 2.30. The van der Waals surface area contributed by atoms with Gasteiger partial charge in [-0.25, -0.2) is 23.1 Å². The van der Waals surface area contributed by atoms with Crippen LogP contribution in [-0.4, -0.2) is 16.5 Å². The van der Waals surface area contributed by atoms with Crippen LogP contribution in [0.5, 0.6) is 0 Å². The zero-order valence-electron chi connectivity index (χ0n) is 12.1. The normalized spacial score (nSPS) is 10.8. The minimum atomic E-state index is -1.51. The molecule has 3 nitrogen and oxygen atoms in total. The average Bonchev–Trinajstić information content (AvgIpc) is 2.46. The van der Waals surface area contributed by atoms with Crippen molar-refractivity contribution in [3.63, 3.8) is 0 Å². The summed E-state index contributed by atoms with van der Waals surface area (Å²) in [5.41, 5.74) is 1.38. The number of rotatable bonds is 4. The van der Waals surface area contributed by atoms with E-state index in [2.05, 4.69) is 15.3 Å². The Balaban J connectivity index is 2.62. The topological polar surface area (TPSA) is 37.8 Å². The molecular formula is C15H16F3N3. The molecule has 0 atom stereocenters. The highest BCUT2D eigenvalue weighted by molar-refractivity contribution is 5.72. The molecule has 1 aromatic carbocycles. The van der Waals surface area contributed by atoms with E-state index in [1.807, 2.05) is 6.92 Å². The van der Waals surface area contributed by atoms with Gasteiger partial charge >= 0.3 is 0 Å². The molecule has 21 heavy (non-hydrogen) atoms. The molecule has 2 aromatic rings. The number of hydrogen-bond acceptors (Lipinski definition) is 3. The van der Waals surface area contributed by atoms with E-state index in [9.17, 15) is 13.2 Å². The van der Waals surface area contributed by atoms with Crippen molar-refractivity contribution in [2.75, 3.05) is 11.9 Å². The fraction of sp³-hybridized carbons (Fsp3) is 0.333. The zero-order chi connectivity index (χ0) is 15.6. The monoisotopic (exact) mass is 295 g/mol. The molecule has 2 rings (SSSR count). The molecule has 0 aliphatic rings. The van der Waals surface area contributed by atoms with Crippen molar-refractivity contribution in [2.24, 2.45) is 0 Å². The van der Waals surface area contributed by atoms with Crippen LogP contribution in [0.2, 0.25) is 0 Å². The van der Waals surface area contributed by atoms with Gasteiger partial charge in [0.1, 0.15) is 5.69 Å². The van der Waals surface area contributed by atoms with Crippen molar-refractivity contribution >= 4 is 5.82 Å². The van der Waals surface area contributed by atoms with E-state index in [1.165, 1.54) is 6.07 Å². The number of nitrogens with zero attached hydrogens (tertiary/aromatic N) is 2. The smallest absolute Gasteiger partial charge is 0.195 e. The van der Waals surface area contributed by atoms with Crippen LogP contribution in [0.3, 0.4) is 0 Å². The van der Waals surface area contributed by atoms with Crippen LogP contribution in [0.15, 0.2) is 12.1 Å². The molecule has 0 aliphatic carbocycles. The molecule has 0 saturated heterocycles. The van der Waals surface area contributed by atoms with Gasteiger partial charge in [-0.05, 0) is 32.4 Å². The molecule has 0 unspecified atom stereocenters. The minimum Gasteiger partial charge on any atom is -0.368 e. The summed E-state index contributed by atoms with van der Waals surface area (Å²) in [6.45, 7) is 6.10. The van der Waals surface area contributed by atoms with Gasteiger partial charge in [-0.1, -0.05) is 6.92 Å². The Morgan fingerprint density at radius 2 is 1.67 bits per heavy atom. The molecule has 0 radical (unpaired) electrons. The maximum Gasteiger partial charge on any atom is 0.195 e. The number of anilines is 1. The third kappa shape index (κ3) is 2.99. The van der Waals surface area contributed by atoms with Gasteiger partial charge in [-0.2, -0.15) is 0 Å². The molecule has 0 amide bonds. The van der Waals surface area contributed by atoms with Crippen LogP contribution in [-0.2, 0) is 0 Å². The van der Waals surface area contributed by atoms with Gasteiger partial charge in [0.25, 0.3) is 0 Å². The number of benzene rings is 1. The molecule has 1 aromatic heterocycles. The molecule has 1 N–H and O–H groups in total. The summed E-state index contributed by atoms with van der Waals surface area (Å²) in [7, 11) is 0. The van der Waals surface area contributed by atoms with Crippen molar-refractivity contribution in [3.05, 3.63) is 41.0 Å². The number of halogens is 3. The van der Waals surface area contributed by atoms with Gasteiger partial charge in [0.2, 0.25) is 0 Å². The fourth-order valence-electron chi connectivity index (χ4n) is 1.87.